The fraction of sp³-hybridized carbons (Fsp3) is 0. The minimum Gasteiger partial charge on any atom is -0.208 e. The molecule has 0 unspecified atom stereocenters. The Balaban J connectivity index is 1.02. The van der Waals surface area contributed by atoms with E-state index in [0.717, 1.165) is 22.3 Å². The van der Waals surface area contributed by atoms with Crippen molar-refractivity contribution in [3.63, 3.8) is 0 Å². The van der Waals surface area contributed by atoms with Gasteiger partial charge >= 0.3 is 0 Å². The summed E-state index contributed by atoms with van der Waals surface area (Å²) in [5.74, 6) is 1.96. The second kappa shape index (κ2) is 14.5. The molecule has 0 bridgehead atoms. The van der Waals surface area contributed by atoms with Crippen molar-refractivity contribution in [2.24, 2.45) is 0 Å². The smallest absolute Gasteiger partial charge is 0.165 e. The maximum atomic E-state index is 5.20. The molecular formula is C57H35N3S. The van der Waals surface area contributed by atoms with Gasteiger partial charge in [0.2, 0.25) is 0 Å². The third kappa shape index (κ3) is 5.91. The lowest BCUT2D eigenvalue weighted by Crippen LogP contribution is -2.00. The Hall–Kier alpha value is -7.79. The molecule has 4 heteroatoms. The van der Waals surface area contributed by atoms with Crippen LogP contribution >= 0.6 is 11.3 Å². The topological polar surface area (TPSA) is 38.7 Å². The highest BCUT2D eigenvalue weighted by molar-refractivity contribution is 7.26. The van der Waals surface area contributed by atoms with Gasteiger partial charge in [-0.05, 0) is 77.8 Å². The Labute approximate surface area is 356 Å². The van der Waals surface area contributed by atoms with Crippen molar-refractivity contribution in [3.8, 4) is 67.5 Å². The summed E-state index contributed by atoms with van der Waals surface area (Å²) in [5.41, 5.74) is 10.2. The predicted molar refractivity (Wildman–Crippen MR) is 258 cm³/mol. The molecule has 0 atom stereocenters. The summed E-state index contributed by atoms with van der Waals surface area (Å²) >= 11 is 1.79. The number of nitrogens with zero attached hydrogens (tertiary/aromatic N) is 3. The second-order valence-corrected chi connectivity index (χ2v) is 16.5. The van der Waals surface area contributed by atoms with E-state index < -0.39 is 0 Å². The number of thiophene rings is 1. The number of aromatic nitrogens is 3. The van der Waals surface area contributed by atoms with Crippen molar-refractivity contribution in [1.29, 1.82) is 0 Å². The van der Waals surface area contributed by atoms with Crippen LogP contribution in [-0.4, -0.2) is 15.0 Å². The molecule has 61 heavy (non-hydrogen) atoms. The lowest BCUT2D eigenvalue weighted by Gasteiger charge is -2.20. The zero-order valence-electron chi connectivity index (χ0n) is 33.0. The van der Waals surface area contributed by atoms with Crippen LogP contribution in [0.3, 0.4) is 0 Å². The van der Waals surface area contributed by atoms with E-state index in [4.69, 9.17) is 15.0 Å². The summed E-state index contributed by atoms with van der Waals surface area (Å²) in [6, 6.07) is 75.9. The van der Waals surface area contributed by atoms with Gasteiger partial charge < -0.3 is 0 Å². The molecule has 0 N–H and O–H groups in total. The first-order chi connectivity index (χ1) is 30.3. The minimum absolute atomic E-state index is 0.643. The van der Waals surface area contributed by atoms with Crippen molar-refractivity contribution >= 4 is 63.8 Å². The van der Waals surface area contributed by atoms with Crippen LogP contribution in [0.1, 0.15) is 0 Å². The molecule has 0 saturated carbocycles. The average molecular weight is 794 g/mol. The number of hydrogen-bond donors (Lipinski definition) is 0. The van der Waals surface area contributed by atoms with Crippen molar-refractivity contribution in [2.45, 2.75) is 0 Å². The van der Waals surface area contributed by atoms with E-state index in [0.29, 0.717) is 17.5 Å². The molecule has 0 fully saturated rings. The molecule has 0 radical (unpaired) electrons. The molecule has 0 aliphatic carbocycles. The van der Waals surface area contributed by atoms with Gasteiger partial charge in [-0.3, -0.25) is 0 Å². The summed E-state index contributed by atoms with van der Waals surface area (Å²) in [6.45, 7) is 0. The summed E-state index contributed by atoms with van der Waals surface area (Å²) in [5, 5.41) is 9.83. The van der Waals surface area contributed by atoms with Crippen LogP contribution in [0.25, 0.3) is 120 Å². The maximum absolute atomic E-state index is 5.20. The largest absolute Gasteiger partial charge is 0.208 e. The molecule has 12 aromatic rings. The van der Waals surface area contributed by atoms with E-state index in [2.05, 4.69) is 194 Å². The van der Waals surface area contributed by atoms with Crippen molar-refractivity contribution in [1.82, 2.24) is 15.0 Å². The Morgan fingerprint density at radius 1 is 0.246 bits per heavy atom. The zero-order valence-corrected chi connectivity index (χ0v) is 33.8. The molecule has 12 rings (SSSR count). The highest BCUT2D eigenvalue weighted by atomic mass is 32.1. The molecule has 2 heterocycles. The fourth-order valence-corrected chi connectivity index (χ4v) is 10.4. The third-order valence-corrected chi connectivity index (χ3v) is 13.2. The Kier molecular flexibility index (Phi) is 8.36. The summed E-state index contributed by atoms with van der Waals surface area (Å²) < 4.78 is 2.43. The van der Waals surface area contributed by atoms with Crippen LogP contribution in [-0.2, 0) is 0 Å². The third-order valence-electron chi connectivity index (χ3n) is 12.0. The van der Waals surface area contributed by atoms with Gasteiger partial charge in [-0.25, -0.2) is 15.0 Å². The van der Waals surface area contributed by atoms with Crippen LogP contribution in [0, 0.1) is 0 Å². The minimum atomic E-state index is 0.643. The van der Waals surface area contributed by atoms with E-state index in [1.165, 1.54) is 80.3 Å². The van der Waals surface area contributed by atoms with Gasteiger partial charge in [0, 0.05) is 36.9 Å². The van der Waals surface area contributed by atoms with Gasteiger partial charge in [0.25, 0.3) is 0 Å². The molecule has 0 amide bonds. The highest BCUT2D eigenvalue weighted by Crippen LogP contribution is 2.47. The molecule has 0 aliphatic heterocycles. The molecule has 0 saturated heterocycles. The molecule has 0 spiro atoms. The van der Waals surface area contributed by atoms with E-state index in [9.17, 15) is 0 Å². The molecule has 284 valence electrons. The number of fused-ring (bicyclic) bond motifs is 6. The Bertz CT molecular complexity index is 3570. The van der Waals surface area contributed by atoms with Crippen molar-refractivity contribution in [2.75, 3.05) is 0 Å². The molecule has 10 aromatic carbocycles. The molecular weight excluding hydrogens is 759 g/mol. The Morgan fingerprint density at radius 2 is 0.689 bits per heavy atom. The van der Waals surface area contributed by atoms with Crippen molar-refractivity contribution < 1.29 is 0 Å². The average Bonchev–Trinajstić information content (AvgIpc) is 3.73. The fourth-order valence-electron chi connectivity index (χ4n) is 9.17. The number of benzene rings is 10. The number of hydrogen-bond acceptors (Lipinski definition) is 4. The van der Waals surface area contributed by atoms with Crippen LogP contribution in [0.2, 0.25) is 0 Å². The first-order valence-electron chi connectivity index (χ1n) is 20.6. The van der Waals surface area contributed by atoms with E-state index in [1.54, 1.807) is 11.3 Å². The van der Waals surface area contributed by atoms with E-state index in [1.807, 2.05) is 18.2 Å². The van der Waals surface area contributed by atoms with Gasteiger partial charge in [0.1, 0.15) is 0 Å². The first kappa shape index (κ1) is 35.2. The molecule has 0 aliphatic rings. The lowest BCUT2D eigenvalue weighted by molar-refractivity contribution is 1.08. The van der Waals surface area contributed by atoms with Gasteiger partial charge in [-0.1, -0.05) is 200 Å². The lowest BCUT2D eigenvalue weighted by atomic mass is 9.83. The predicted octanol–water partition coefficient (Wildman–Crippen LogP) is 15.7. The molecule has 2 aromatic heterocycles. The van der Waals surface area contributed by atoms with Gasteiger partial charge in [-0.15, -0.1) is 11.3 Å². The van der Waals surface area contributed by atoms with Gasteiger partial charge in [-0.2, -0.15) is 0 Å². The van der Waals surface area contributed by atoms with Gasteiger partial charge in [0.15, 0.2) is 17.5 Å². The first-order valence-corrected chi connectivity index (χ1v) is 21.4. The zero-order chi connectivity index (χ0) is 40.3. The van der Waals surface area contributed by atoms with Crippen LogP contribution in [0.4, 0.5) is 0 Å². The Morgan fingerprint density at radius 3 is 1.33 bits per heavy atom. The van der Waals surface area contributed by atoms with Crippen molar-refractivity contribution in [3.05, 3.63) is 212 Å². The standard InChI is InChI=1S/C57H35N3S/c1-3-16-36(17-4-1)40-34-35-48(42-21-8-7-20-41(40)42)53-46-25-11-9-23-44(46)52(45-24-10-12-26-47(45)53)37-30-32-39(33-31-37)56-58-55(38-18-5-2-6-19-38)59-57(60-56)50-28-15-27-49-43-22-13-14-29-51(43)61-54(49)50/h1-35H. The monoisotopic (exact) mass is 793 g/mol. The number of rotatable bonds is 6. The van der Waals surface area contributed by atoms with Crippen LogP contribution in [0.5, 0.6) is 0 Å². The SMILES string of the molecule is c1ccc(-c2nc(-c3ccc(-c4c5ccccc5c(-c5ccc(-c6ccccc6)c6ccccc56)c5ccccc45)cc3)nc(-c3cccc4c3sc3ccccc34)n2)cc1. The van der Waals surface area contributed by atoms with Crippen LogP contribution in [0.15, 0.2) is 212 Å². The summed E-state index contributed by atoms with van der Waals surface area (Å²) in [7, 11) is 0. The van der Waals surface area contributed by atoms with Gasteiger partial charge in [0.05, 0.1) is 0 Å². The second-order valence-electron chi connectivity index (χ2n) is 15.4. The van der Waals surface area contributed by atoms with E-state index >= 15 is 0 Å². The van der Waals surface area contributed by atoms with Crippen LogP contribution < -0.4 is 0 Å². The summed E-state index contributed by atoms with van der Waals surface area (Å²) in [4.78, 5) is 15.4. The summed E-state index contributed by atoms with van der Waals surface area (Å²) in [6.07, 6.45) is 0. The molecule has 3 nitrogen and oxygen atoms in total. The highest BCUT2D eigenvalue weighted by Gasteiger charge is 2.20. The normalized spacial score (nSPS) is 11.6. The quantitative estimate of drug-likeness (QED) is 0.157. The van der Waals surface area contributed by atoms with E-state index in [-0.39, 0.29) is 0 Å². The maximum Gasteiger partial charge on any atom is 0.165 e.